The maximum absolute atomic E-state index is 12.6. The Morgan fingerprint density at radius 2 is 1.69 bits per heavy atom. The van der Waals surface area contributed by atoms with Gasteiger partial charge in [-0.15, -0.1) is 11.3 Å². The number of carbonyl (C=O) groups excluding carboxylic acids is 3. The van der Waals surface area contributed by atoms with E-state index >= 15 is 0 Å². The molecule has 1 heterocycles. The summed E-state index contributed by atoms with van der Waals surface area (Å²) in [7, 11) is 2.52. The zero-order valence-corrected chi connectivity index (χ0v) is 18.1. The summed E-state index contributed by atoms with van der Waals surface area (Å²) in [5.41, 5.74) is 1.75. The smallest absolute Gasteiger partial charge is 0.348 e. The second kappa shape index (κ2) is 10.2. The van der Waals surface area contributed by atoms with E-state index in [-0.39, 0.29) is 33.9 Å². The van der Waals surface area contributed by atoms with Gasteiger partial charge in [-0.1, -0.05) is 44.2 Å². The second-order valence-electron chi connectivity index (χ2n) is 6.91. The molecule has 1 aromatic heterocycles. The van der Waals surface area contributed by atoms with Gasteiger partial charge in [0.1, 0.15) is 15.9 Å². The molecule has 1 atom stereocenters. The number of benzene rings is 1. The summed E-state index contributed by atoms with van der Waals surface area (Å²) in [5, 5.41) is 5.00. The Morgan fingerprint density at radius 3 is 2.24 bits per heavy atom. The van der Waals surface area contributed by atoms with E-state index in [9.17, 15) is 14.4 Å². The van der Waals surface area contributed by atoms with Crippen LogP contribution >= 0.6 is 11.3 Å². The minimum Gasteiger partial charge on any atom is -0.465 e. The fourth-order valence-electron chi connectivity index (χ4n) is 3.12. The lowest BCUT2D eigenvalue weighted by Gasteiger charge is -2.19. The Labute approximate surface area is 174 Å². The van der Waals surface area contributed by atoms with Gasteiger partial charge in [0.05, 0.1) is 19.8 Å². The number of nitrogens with one attached hydrogen (secondary N) is 1. The maximum atomic E-state index is 12.6. The lowest BCUT2D eigenvalue weighted by Crippen LogP contribution is -2.88. The van der Waals surface area contributed by atoms with Crippen LogP contribution in [0.1, 0.15) is 51.0 Å². The molecule has 2 aromatic rings. The Morgan fingerprint density at radius 1 is 1.07 bits per heavy atom. The fourth-order valence-corrected chi connectivity index (χ4v) is 4.25. The molecular formula is C21H27N2O5S+. The molecule has 156 valence electrons. The molecule has 2 rings (SSSR count). The normalized spacial score (nSPS) is 11.8. The third-order valence-electron chi connectivity index (χ3n) is 4.62. The minimum absolute atomic E-state index is 0.123. The Kier molecular flexibility index (Phi) is 7.92. The van der Waals surface area contributed by atoms with E-state index in [2.05, 4.69) is 19.2 Å². The largest absolute Gasteiger partial charge is 0.465 e. The van der Waals surface area contributed by atoms with Crippen molar-refractivity contribution < 1.29 is 29.2 Å². The molecule has 0 saturated heterocycles. The van der Waals surface area contributed by atoms with Crippen molar-refractivity contribution in [3.05, 3.63) is 51.9 Å². The number of rotatable bonds is 8. The highest BCUT2D eigenvalue weighted by Gasteiger charge is 2.27. The highest BCUT2D eigenvalue weighted by atomic mass is 32.1. The van der Waals surface area contributed by atoms with Crippen LogP contribution in [-0.4, -0.2) is 38.6 Å². The molecule has 29 heavy (non-hydrogen) atoms. The van der Waals surface area contributed by atoms with Gasteiger partial charge in [-0.25, -0.2) is 9.59 Å². The number of nitrogens with two attached hydrogens (primary N) is 1. The maximum Gasteiger partial charge on any atom is 0.348 e. The predicted octanol–water partition coefficient (Wildman–Crippen LogP) is 2.53. The lowest BCUT2D eigenvalue weighted by atomic mass is 9.96. The second-order valence-corrected chi connectivity index (χ2v) is 7.93. The number of thiophene rings is 1. The molecule has 7 nitrogen and oxygen atoms in total. The summed E-state index contributed by atoms with van der Waals surface area (Å²) in [5.74, 6) is -1.12. The Bertz CT molecular complexity index is 877. The van der Waals surface area contributed by atoms with Crippen molar-refractivity contribution in [2.75, 3.05) is 26.1 Å². The van der Waals surface area contributed by atoms with Crippen molar-refractivity contribution in [1.29, 1.82) is 0 Å². The molecule has 0 aliphatic heterocycles. The van der Waals surface area contributed by atoms with Gasteiger partial charge in [-0.3, -0.25) is 4.79 Å². The number of amides is 1. The number of ether oxygens (including phenoxy) is 2. The fraction of sp³-hybridized carbons (Fsp3) is 0.381. The minimum atomic E-state index is -0.613. The summed E-state index contributed by atoms with van der Waals surface area (Å²) < 4.78 is 9.57. The van der Waals surface area contributed by atoms with Crippen molar-refractivity contribution in [1.82, 2.24) is 0 Å². The topological polar surface area (TPSA) is 98.3 Å². The van der Waals surface area contributed by atoms with Crippen LogP contribution in [0, 0.1) is 12.8 Å². The lowest BCUT2D eigenvalue weighted by molar-refractivity contribution is -0.692. The first-order chi connectivity index (χ1) is 13.8. The van der Waals surface area contributed by atoms with Crippen LogP contribution in [0.25, 0.3) is 0 Å². The summed E-state index contributed by atoms with van der Waals surface area (Å²) in [6, 6.07) is 10.1. The first-order valence-electron chi connectivity index (χ1n) is 9.28. The van der Waals surface area contributed by atoms with E-state index < -0.39 is 11.9 Å². The van der Waals surface area contributed by atoms with Gasteiger partial charge in [0.25, 0.3) is 5.91 Å². The molecule has 0 radical (unpaired) electrons. The van der Waals surface area contributed by atoms with Crippen molar-refractivity contribution >= 4 is 34.2 Å². The number of methoxy groups -OCH3 is 2. The zero-order valence-electron chi connectivity index (χ0n) is 17.3. The van der Waals surface area contributed by atoms with E-state index in [1.54, 1.807) is 6.92 Å². The summed E-state index contributed by atoms with van der Waals surface area (Å²) in [6.07, 6.45) is 0. The molecule has 1 aromatic carbocycles. The van der Waals surface area contributed by atoms with Gasteiger partial charge in [0.15, 0.2) is 6.54 Å². The van der Waals surface area contributed by atoms with E-state index in [4.69, 9.17) is 9.47 Å². The monoisotopic (exact) mass is 419 g/mol. The summed E-state index contributed by atoms with van der Waals surface area (Å²) in [6.45, 7) is 6.00. The number of hydrogen-bond donors (Lipinski definition) is 2. The molecule has 0 saturated carbocycles. The van der Waals surface area contributed by atoms with Crippen LogP contribution < -0.4 is 10.6 Å². The molecule has 0 spiro atoms. The number of hydrogen-bond acceptors (Lipinski definition) is 6. The molecule has 0 aliphatic rings. The quantitative estimate of drug-likeness (QED) is 0.641. The van der Waals surface area contributed by atoms with Crippen LogP contribution in [0.3, 0.4) is 0 Å². The van der Waals surface area contributed by atoms with Crippen molar-refractivity contribution in [3.63, 3.8) is 0 Å². The summed E-state index contributed by atoms with van der Waals surface area (Å²) >= 11 is 1.01. The Hall–Kier alpha value is -2.71. The first-order valence-corrected chi connectivity index (χ1v) is 10.1. The predicted molar refractivity (Wildman–Crippen MR) is 111 cm³/mol. The molecule has 8 heteroatoms. The van der Waals surface area contributed by atoms with Gasteiger partial charge in [-0.05, 0) is 12.5 Å². The molecule has 0 fully saturated rings. The highest BCUT2D eigenvalue weighted by Crippen LogP contribution is 2.34. The van der Waals surface area contributed by atoms with E-state index in [1.165, 1.54) is 14.2 Å². The van der Waals surface area contributed by atoms with Gasteiger partial charge in [-0.2, -0.15) is 0 Å². The van der Waals surface area contributed by atoms with Crippen LogP contribution in [-0.2, 0) is 14.3 Å². The van der Waals surface area contributed by atoms with Crippen LogP contribution in [0.4, 0.5) is 5.00 Å². The molecule has 0 bridgehead atoms. The third-order valence-corrected chi connectivity index (χ3v) is 5.81. The van der Waals surface area contributed by atoms with Gasteiger partial charge in [0.2, 0.25) is 0 Å². The van der Waals surface area contributed by atoms with Crippen molar-refractivity contribution in [2.24, 2.45) is 5.92 Å². The van der Waals surface area contributed by atoms with Crippen molar-refractivity contribution in [3.8, 4) is 0 Å². The SMILES string of the molecule is COC(=O)c1sc(NC(=O)C[NH2+][C@@H](c2ccccc2)C(C)C)c(C(=O)OC)c1C. The highest BCUT2D eigenvalue weighted by molar-refractivity contribution is 7.18. The van der Waals surface area contributed by atoms with Gasteiger partial charge < -0.3 is 20.1 Å². The first kappa shape index (κ1) is 22.6. The van der Waals surface area contributed by atoms with Gasteiger partial charge in [0, 0.05) is 11.5 Å². The molecule has 0 aliphatic carbocycles. The van der Waals surface area contributed by atoms with Crippen molar-refractivity contribution in [2.45, 2.75) is 26.8 Å². The van der Waals surface area contributed by atoms with Crippen LogP contribution in [0.2, 0.25) is 0 Å². The molecule has 0 unspecified atom stereocenters. The number of carbonyl (C=O) groups is 3. The number of quaternary nitrogens is 1. The zero-order chi connectivity index (χ0) is 21.6. The van der Waals surface area contributed by atoms with Crippen LogP contribution in [0.5, 0.6) is 0 Å². The van der Waals surface area contributed by atoms with E-state index in [1.807, 2.05) is 35.6 Å². The number of esters is 2. The van der Waals surface area contributed by atoms with E-state index in [0.29, 0.717) is 11.5 Å². The van der Waals surface area contributed by atoms with Crippen LogP contribution in [0.15, 0.2) is 30.3 Å². The Balaban J connectivity index is 2.17. The number of anilines is 1. The van der Waals surface area contributed by atoms with Gasteiger partial charge >= 0.3 is 11.9 Å². The summed E-state index contributed by atoms with van der Waals surface area (Å²) in [4.78, 5) is 37.0. The third kappa shape index (κ3) is 5.42. The average Bonchev–Trinajstić information content (AvgIpc) is 3.03. The molecule has 1 amide bonds. The molecule has 3 N–H and O–H groups in total. The van der Waals surface area contributed by atoms with E-state index in [0.717, 1.165) is 16.9 Å². The average molecular weight is 420 g/mol. The molecular weight excluding hydrogens is 392 g/mol. The standard InChI is InChI=1S/C21H26N2O5S/c1-12(2)17(14-9-7-6-8-10-14)22-11-15(24)23-19-16(20(25)27-4)13(3)18(29-19)21(26)28-5/h6-10,12,17,22H,11H2,1-5H3,(H,23,24)/p+1/t17-/m1/s1.